The van der Waals surface area contributed by atoms with Crippen molar-refractivity contribution in [2.75, 3.05) is 7.05 Å². The fourth-order valence-corrected chi connectivity index (χ4v) is 2.71. The molecule has 0 aliphatic heterocycles. The number of hydrogen-bond donors (Lipinski definition) is 0. The molecule has 26 heavy (non-hydrogen) atoms. The zero-order chi connectivity index (χ0) is 18.5. The largest absolute Gasteiger partial charge is 0.489 e. The molecule has 0 N–H and O–H groups in total. The first kappa shape index (κ1) is 17.7. The SMILES string of the molecule is Cc1noc(C)c1COc1ccc(C(=O)N(C)Cc2ccccc2)cc1. The normalized spacial score (nSPS) is 10.6. The Kier molecular flexibility index (Phi) is 5.37. The van der Waals surface area contributed by atoms with Crippen molar-refractivity contribution < 1.29 is 14.1 Å². The zero-order valence-electron chi connectivity index (χ0n) is 15.2. The number of benzene rings is 2. The fourth-order valence-electron chi connectivity index (χ4n) is 2.71. The molecule has 3 aromatic rings. The third-order valence-corrected chi connectivity index (χ3v) is 4.27. The van der Waals surface area contributed by atoms with Crippen molar-refractivity contribution in [1.82, 2.24) is 10.1 Å². The van der Waals surface area contributed by atoms with Crippen LogP contribution in [0.4, 0.5) is 0 Å². The molecule has 5 heteroatoms. The first-order valence-electron chi connectivity index (χ1n) is 8.48. The Morgan fingerprint density at radius 2 is 1.77 bits per heavy atom. The number of amides is 1. The minimum absolute atomic E-state index is 0.0221. The van der Waals surface area contributed by atoms with E-state index in [0.717, 1.165) is 22.6 Å². The molecule has 0 aliphatic rings. The van der Waals surface area contributed by atoms with Gasteiger partial charge in [-0.15, -0.1) is 0 Å². The summed E-state index contributed by atoms with van der Waals surface area (Å²) < 4.78 is 10.9. The molecule has 2 aromatic carbocycles. The van der Waals surface area contributed by atoms with Crippen LogP contribution < -0.4 is 4.74 Å². The first-order chi connectivity index (χ1) is 12.5. The van der Waals surface area contributed by atoms with Gasteiger partial charge in [0.1, 0.15) is 18.1 Å². The summed E-state index contributed by atoms with van der Waals surface area (Å²) in [6, 6.07) is 17.1. The summed E-state index contributed by atoms with van der Waals surface area (Å²) in [5, 5.41) is 3.91. The van der Waals surface area contributed by atoms with Crippen LogP contribution in [0.3, 0.4) is 0 Å². The van der Waals surface area contributed by atoms with E-state index >= 15 is 0 Å². The van der Waals surface area contributed by atoms with Gasteiger partial charge in [0.05, 0.1) is 11.3 Å². The summed E-state index contributed by atoms with van der Waals surface area (Å²) in [7, 11) is 1.80. The third kappa shape index (κ3) is 4.11. The Balaban J connectivity index is 1.60. The van der Waals surface area contributed by atoms with Crippen LogP contribution in [-0.4, -0.2) is 23.0 Å². The van der Waals surface area contributed by atoms with E-state index in [9.17, 15) is 4.79 Å². The number of hydrogen-bond acceptors (Lipinski definition) is 4. The number of rotatable bonds is 6. The smallest absolute Gasteiger partial charge is 0.253 e. The van der Waals surface area contributed by atoms with Gasteiger partial charge in [-0.1, -0.05) is 35.5 Å². The molecule has 1 heterocycles. The lowest BCUT2D eigenvalue weighted by atomic mass is 10.1. The Labute approximate surface area is 153 Å². The van der Waals surface area contributed by atoms with E-state index in [2.05, 4.69) is 5.16 Å². The van der Waals surface area contributed by atoms with Crippen molar-refractivity contribution in [1.29, 1.82) is 0 Å². The first-order valence-corrected chi connectivity index (χ1v) is 8.48. The molecule has 0 atom stereocenters. The molecule has 0 unspecified atom stereocenters. The molecule has 1 amide bonds. The van der Waals surface area contributed by atoms with Gasteiger partial charge in [0.15, 0.2) is 0 Å². The summed E-state index contributed by atoms with van der Waals surface area (Å²) >= 11 is 0. The van der Waals surface area contributed by atoms with Crippen LogP contribution in [0.2, 0.25) is 0 Å². The summed E-state index contributed by atoms with van der Waals surface area (Å²) in [5.41, 5.74) is 3.51. The van der Waals surface area contributed by atoms with Crippen LogP contribution in [0.25, 0.3) is 0 Å². The number of ether oxygens (including phenoxy) is 1. The molecule has 0 saturated carbocycles. The monoisotopic (exact) mass is 350 g/mol. The fraction of sp³-hybridized carbons (Fsp3) is 0.238. The molecular weight excluding hydrogens is 328 g/mol. The maximum atomic E-state index is 12.6. The van der Waals surface area contributed by atoms with E-state index in [-0.39, 0.29) is 5.91 Å². The average Bonchev–Trinajstić information content (AvgIpc) is 2.98. The molecule has 134 valence electrons. The molecule has 0 spiro atoms. The number of carbonyl (C=O) groups is 1. The summed E-state index contributed by atoms with van der Waals surface area (Å²) in [6.45, 7) is 4.72. The van der Waals surface area contributed by atoms with E-state index in [4.69, 9.17) is 9.26 Å². The molecule has 0 saturated heterocycles. The predicted octanol–water partition coefficient (Wildman–Crippen LogP) is 4.14. The van der Waals surface area contributed by atoms with Gasteiger partial charge in [-0.2, -0.15) is 0 Å². The number of aryl methyl sites for hydroxylation is 2. The number of aromatic nitrogens is 1. The second-order valence-corrected chi connectivity index (χ2v) is 6.26. The standard InChI is InChI=1S/C21H22N2O3/c1-15-20(16(2)26-22-15)14-25-19-11-9-18(10-12-19)21(24)23(3)13-17-7-5-4-6-8-17/h4-12H,13-14H2,1-3H3. The third-order valence-electron chi connectivity index (χ3n) is 4.27. The molecule has 0 bridgehead atoms. The molecule has 1 aromatic heterocycles. The van der Waals surface area contributed by atoms with Gasteiger partial charge in [0.2, 0.25) is 0 Å². The van der Waals surface area contributed by atoms with E-state index in [1.165, 1.54) is 0 Å². The average molecular weight is 350 g/mol. The van der Waals surface area contributed by atoms with E-state index in [1.807, 2.05) is 56.3 Å². The Morgan fingerprint density at radius 3 is 2.38 bits per heavy atom. The topological polar surface area (TPSA) is 55.6 Å². The van der Waals surface area contributed by atoms with E-state index in [0.29, 0.717) is 24.5 Å². The quantitative estimate of drug-likeness (QED) is 0.670. The molecule has 3 rings (SSSR count). The molecular formula is C21H22N2O3. The highest BCUT2D eigenvalue weighted by atomic mass is 16.5. The van der Waals surface area contributed by atoms with Crippen molar-refractivity contribution in [3.63, 3.8) is 0 Å². The summed E-state index contributed by atoms with van der Waals surface area (Å²) in [5.74, 6) is 1.44. The van der Waals surface area contributed by atoms with Gasteiger partial charge >= 0.3 is 0 Å². The van der Waals surface area contributed by atoms with Crippen molar-refractivity contribution in [2.24, 2.45) is 0 Å². The van der Waals surface area contributed by atoms with Gasteiger partial charge in [-0.3, -0.25) is 4.79 Å². The maximum absolute atomic E-state index is 12.6. The van der Waals surface area contributed by atoms with E-state index in [1.54, 1.807) is 24.1 Å². The lowest BCUT2D eigenvalue weighted by Gasteiger charge is -2.17. The number of carbonyl (C=O) groups excluding carboxylic acids is 1. The summed E-state index contributed by atoms with van der Waals surface area (Å²) in [6.07, 6.45) is 0. The Hall–Kier alpha value is -3.08. The van der Waals surface area contributed by atoms with Crippen molar-refractivity contribution in [2.45, 2.75) is 27.0 Å². The molecule has 0 fully saturated rings. The second kappa shape index (κ2) is 7.87. The summed E-state index contributed by atoms with van der Waals surface area (Å²) in [4.78, 5) is 14.3. The van der Waals surface area contributed by atoms with Crippen LogP contribution >= 0.6 is 0 Å². The van der Waals surface area contributed by atoms with Gasteiger partial charge in [-0.05, 0) is 43.7 Å². The van der Waals surface area contributed by atoms with Gasteiger partial charge < -0.3 is 14.2 Å². The van der Waals surface area contributed by atoms with Crippen LogP contribution in [0.5, 0.6) is 5.75 Å². The lowest BCUT2D eigenvalue weighted by Crippen LogP contribution is -2.26. The Bertz CT molecular complexity index is 851. The minimum atomic E-state index is -0.0221. The van der Waals surface area contributed by atoms with Gasteiger partial charge in [0.25, 0.3) is 5.91 Å². The van der Waals surface area contributed by atoms with Crippen molar-refractivity contribution in [3.8, 4) is 5.75 Å². The molecule has 0 radical (unpaired) electrons. The molecule has 5 nitrogen and oxygen atoms in total. The highest BCUT2D eigenvalue weighted by molar-refractivity contribution is 5.94. The number of nitrogens with zero attached hydrogens (tertiary/aromatic N) is 2. The second-order valence-electron chi connectivity index (χ2n) is 6.26. The highest BCUT2D eigenvalue weighted by Crippen LogP contribution is 2.18. The zero-order valence-corrected chi connectivity index (χ0v) is 15.2. The van der Waals surface area contributed by atoms with Crippen molar-refractivity contribution in [3.05, 3.63) is 82.7 Å². The van der Waals surface area contributed by atoms with Gasteiger partial charge in [-0.25, -0.2) is 0 Å². The van der Waals surface area contributed by atoms with E-state index < -0.39 is 0 Å². The lowest BCUT2D eigenvalue weighted by molar-refractivity contribution is 0.0785. The van der Waals surface area contributed by atoms with Crippen LogP contribution in [0.1, 0.15) is 32.9 Å². The minimum Gasteiger partial charge on any atom is -0.489 e. The molecule has 0 aliphatic carbocycles. The Morgan fingerprint density at radius 1 is 1.08 bits per heavy atom. The van der Waals surface area contributed by atoms with Gasteiger partial charge in [0, 0.05) is 19.2 Å². The van der Waals surface area contributed by atoms with Crippen LogP contribution in [0, 0.1) is 13.8 Å². The predicted molar refractivity (Wildman–Crippen MR) is 99.0 cm³/mol. The van der Waals surface area contributed by atoms with Crippen molar-refractivity contribution >= 4 is 5.91 Å². The van der Waals surface area contributed by atoms with Crippen LogP contribution in [0.15, 0.2) is 59.1 Å². The maximum Gasteiger partial charge on any atom is 0.253 e. The highest BCUT2D eigenvalue weighted by Gasteiger charge is 2.13. The van der Waals surface area contributed by atoms with Crippen LogP contribution in [-0.2, 0) is 13.2 Å².